The van der Waals surface area contributed by atoms with Crippen LogP contribution in [0.5, 0.6) is 0 Å². The Balaban J connectivity index is 1.72. The first-order chi connectivity index (χ1) is 12.0. The number of nitrogens with zero attached hydrogens (tertiary/aromatic N) is 3. The van der Waals surface area contributed by atoms with Gasteiger partial charge < -0.3 is 14.9 Å². The summed E-state index contributed by atoms with van der Waals surface area (Å²) in [5.41, 5.74) is 1.54. The van der Waals surface area contributed by atoms with Crippen molar-refractivity contribution in [3.63, 3.8) is 0 Å². The second-order valence-electron chi connectivity index (χ2n) is 6.35. The number of rotatable bonds is 4. The number of aliphatic hydroxyl groups is 1. The van der Waals surface area contributed by atoms with Gasteiger partial charge in [-0.1, -0.05) is 6.07 Å². The van der Waals surface area contributed by atoms with Crippen molar-refractivity contribution in [3.05, 3.63) is 54.0 Å². The third-order valence-electron chi connectivity index (χ3n) is 4.39. The highest BCUT2D eigenvalue weighted by Crippen LogP contribution is 2.21. The van der Waals surface area contributed by atoms with E-state index in [-0.39, 0.29) is 17.8 Å². The number of aliphatic hydroxyl groups excluding tert-OH is 1. The average Bonchev–Trinajstić information content (AvgIpc) is 2.61. The molecule has 1 saturated heterocycles. The Hall–Kier alpha value is -2.47. The number of aromatic nitrogens is 1. The lowest BCUT2D eigenvalue weighted by atomic mass is 10.1. The molecule has 0 aliphatic carbocycles. The zero-order valence-corrected chi connectivity index (χ0v) is 14.2. The Morgan fingerprint density at radius 1 is 1.32 bits per heavy atom. The van der Waals surface area contributed by atoms with Gasteiger partial charge in [0.1, 0.15) is 11.6 Å². The fourth-order valence-electron chi connectivity index (χ4n) is 3.05. The van der Waals surface area contributed by atoms with Crippen molar-refractivity contribution in [2.75, 3.05) is 22.9 Å². The number of β-amino-alcohol motifs (C(OH)–C–C–N with tert-alkyl or cyclic N) is 1. The van der Waals surface area contributed by atoms with E-state index in [0.717, 1.165) is 30.8 Å². The molecule has 6 heteroatoms. The number of halogens is 1. The van der Waals surface area contributed by atoms with Gasteiger partial charge in [0.05, 0.1) is 12.6 Å². The quantitative estimate of drug-likeness (QED) is 0.927. The lowest BCUT2D eigenvalue weighted by molar-refractivity contribution is -0.116. The number of carbonyl (C=O) groups is 1. The van der Waals surface area contributed by atoms with Crippen LogP contribution in [0.2, 0.25) is 0 Å². The lowest BCUT2D eigenvalue weighted by Gasteiger charge is -2.31. The van der Waals surface area contributed by atoms with E-state index in [1.165, 1.54) is 19.1 Å². The molecular weight excluding hydrogens is 321 g/mol. The largest absolute Gasteiger partial charge is 0.391 e. The fourth-order valence-corrected chi connectivity index (χ4v) is 3.05. The van der Waals surface area contributed by atoms with E-state index in [2.05, 4.69) is 9.88 Å². The summed E-state index contributed by atoms with van der Waals surface area (Å²) in [4.78, 5) is 20.1. The molecule has 1 atom stereocenters. The maximum atomic E-state index is 13.1. The molecule has 1 unspecified atom stereocenters. The number of pyridine rings is 1. The Morgan fingerprint density at radius 2 is 2.08 bits per heavy atom. The first kappa shape index (κ1) is 17.4. The van der Waals surface area contributed by atoms with Crippen LogP contribution >= 0.6 is 0 Å². The molecule has 0 radical (unpaired) electrons. The zero-order valence-electron chi connectivity index (χ0n) is 14.2. The molecule has 1 amide bonds. The van der Waals surface area contributed by atoms with Gasteiger partial charge in [0.25, 0.3) is 0 Å². The molecule has 1 aromatic carbocycles. The summed E-state index contributed by atoms with van der Waals surface area (Å²) in [5, 5.41) is 9.78. The maximum Gasteiger partial charge on any atom is 0.224 e. The highest BCUT2D eigenvalue weighted by Gasteiger charge is 2.19. The molecule has 5 nitrogen and oxygen atoms in total. The fraction of sp³-hybridized carbons (Fsp3) is 0.368. The first-order valence-electron chi connectivity index (χ1n) is 8.44. The van der Waals surface area contributed by atoms with Crippen LogP contribution in [-0.4, -0.2) is 35.2 Å². The van der Waals surface area contributed by atoms with Gasteiger partial charge in [-0.3, -0.25) is 4.79 Å². The molecule has 2 aromatic rings. The molecule has 0 spiro atoms. The van der Waals surface area contributed by atoms with E-state index in [1.54, 1.807) is 23.2 Å². The van der Waals surface area contributed by atoms with Crippen molar-refractivity contribution in [2.24, 2.45) is 0 Å². The van der Waals surface area contributed by atoms with Crippen LogP contribution in [-0.2, 0) is 11.3 Å². The molecule has 0 bridgehead atoms. The Bertz CT molecular complexity index is 718. The maximum absolute atomic E-state index is 13.1. The highest BCUT2D eigenvalue weighted by atomic mass is 19.1. The summed E-state index contributed by atoms with van der Waals surface area (Å²) in [6, 6.07) is 9.71. The first-order valence-corrected chi connectivity index (χ1v) is 8.44. The molecule has 0 saturated carbocycles. The van der Waals surface area contributed by atoms with Crippen molar-refractivity contribution in [1.82, 2.24) is 4.98 Å². The van der Waals surface area contributed by atoms with E-state index in [9.17, 15) is 14.3 Å². The minimum atomic E-state index is -0.331. The topological polar surface area (TPSA) is 56.7 Å². The van der Waals surface area contributed by atoms with Gasteiger partial charge in [-0.05, 0) is 48.7 Å². The molecule has 1 aromatic heterocycles. The Morgan fingerprint density at radius 3 is 2.68 bits per heavy atom. The van der Waals surface area contributed by atoms with E-state index in [0.29, 0.717) is 18.8 Å². The zero-order chi connectivity index (χ0) is 17.8. The standard InChI is InChI=1S/C19H22FN3O2/c1-14(24)23(17-7-5-16(20)6-8-17)12-15-4-9-19(21-11-15)22-10-2-3-18(25)13-22/h4-9,11,18,25H,2-3,10,12-13H2,1H3. The van der Waals surface area contributed by atoms with Crippen LogP contribution < -0.4 is 9.80 Å². The van der Waals surface area contributed by atoms with Gasteiger partial charge in [-0.25, -0.2) is 9.37 Å². The van der Waals surface area contributed by atoms with Crippen molar-refractivity contribution in [3.8, 4) is 0 Å². The van der Waals surface area contributed by atoms with E-state index in [1.807, 2.05) is 12.1 Å². The Kier molecular flexibility index (Phi) is 5.28. The van der Waals surface area contributed by atoms with Crippen molar-refractivity contribution in [2.45, 2.75) is 32.4 Å². The van der Waals surface area contributed by atoms with E-state index < -0.39 is 0 Å². The molecule has 1 aliphatic heterocycles. The van der Waals surface area contributed by atoms with Crippen LogP contribution in [0.4, 0.5) is 15.9 Å². The number of piperidine rings is 1. The molecule has 1 fully saturated rings. The van der Waals surface area contributed by atoms with Crippen LogP contribution in [0, 0.1) is 5.82 Å². The molecule has 1 N–H and O–H groups in total. The summed E-state index contributed by atoms with van der Waals surface area (Å²) in [6.45, 7) is 3.34. The molecule has 3 rings (SSSR count). The van der Waals surface area contributed by atoms with Gasteiger partial charge in [0.2, 0.25) is 5.91 Å². The van der Waals surface area contributed by atoms with Crippen LogP contribution in [0.1, 0.15) is 25.3 Å². The van der Waals surface area contributed by atoms with Crippen molar-refractivity contribution >= 4 is 17.4 Å². The van der Waals surface area contributed by atoms with Crippen molar-refractivity contribution < 1.29 is 14.3 Å². The number of hydrogen-bond acceptors (Lipinski definition) is 4. The second kappa shape index (κ2) is 7.61. The predicted molar refractivity (Wildman–Crippen MR) is 95.0 cm³/mol. The number of anilines is 2. The summed E-state index contributed by atoms with van der Waals surface area (Å²) in [5.74, 6) is 0.385. The SMILES string of the molecule is CC(=O)N(Cc1ccc(N2CCCC(O)C2)nc1)c1ccc(F)cc1. The van der Waals surface area contributed by atoms with Gasteiger partial charge in [-0.2, -0.15) is 0 Å². The van der Waals surface area contributed by atoms with E-state index >= 15 is 0 Å². The summed E-state index contributed by atoms with van der Waals surface area (Å²) >= 11 is 0. The number of carbonyl (C=O) groups excluding carboxylic acids is 1. The minimum absolute atomic E-state index is 0.116. The third-order valence-corrected chi connectivity index (χ3v) is 4.39. The average molecular weight is 343 g/mol. The second-order valence-corrected chi connectivity index (χ2v) is 6.35. The third kappa shape index (κ3) is 4.33. The van der Waals surface area contributed by atoms with Gasteiger partial charge in [0, 0.05) is 31.9 Å². The number of benzene rings is 1. The molecule has 25 heavy (non-hydrogen) atoms. The van der Waals surface area contributed by atoms with Gasteiger partial charge in [-0.15, -0.1) is 0 Å². The van der Waals surface area contributed by atoms with Crippen LogP contribution in [0.15, 0.2) is 42.6 Å². The van der Waals surface area contributed by atoms with E-state index in [4.69, 9.17) is 0 Å². The predicted octanol–water partition coefficient (Wildman–Crippen LogP) is 2.73. The lowest BCUT2D eigenvalue weighted by Crippen LogP contribution is -2.38. The van der Waals surface area contributed by atoms with Crippen LogP contribution in [0.25, 0.3) is 0 Å². The number of hydrogen-bond donors (Lipinski definition) is 1. The summed E-state index contributed by atoms with van der Waals surface area (Å²) in [7, 11) is 0. The van der Waals surface area contributed by atoms with Gasteiger partial charge >= 0.3 is 0 Å². The molecule has 1 aliphatic rings. The molecule has 2 heterocycles. The number of amides is 1. The molecular formula is C19H22FN3O2. The smallest absolute Gasteiger partial charge is 0.224 e. The van der Waals surface area contributed by atoms with Crippen LogP contribution in [0.3, 0.4) is 0 Å². The normalized spacial score (nSPS) is 17.4. The summed E-state index contributed by atoms with van der Waals surface area (Å²) < 4.78 is 13.1. The monoisotopic (exact) mass is 343 g/mol. The summed E-state index contributed by atoms with van der Waals surface area (Å²) in [6.07, 6.45) is 3.23. The molecule has 132 valence electrons. The van der Waals surface area contributed by atoms with Gasteiger partial charge in [0.15, 0.2) is 0 Å². The Labute approximate surface area is 146 Å². The highest BCUT2D eigenvalue weighted by molar-refractivity contribution is 5.91. The minimum Gasteiger partial charge on any atom is -0.391 e. The van der Waals surface area contributed by atoms with Crippen molar-refractivity contribution in [1.29, 1.82) is 0 Å².